The van der Waals surface area contributed by atoms with E-state index in [0.29, 0.717) is 5.69 Å². The van der Waals surface area contributed by atoms with Crippen molar-refractivity contribution in [2.24, 2.45) is 10.2 Å². The summed E-state index contributed by atoms with van der Waals surface area (Å²) in [6.07, 6.45) is 0. The Kier molecular flexibility index (Phi) is 8.12. The molecule has 3 N–H and O–H groups in total. The number of allylic oxidation sites excluding steroid dienone is 1. The lowest BCUT2D eigenvalue weighted by atomic mass is 10.2. The van der Waals surface area contributed by atoms with Gasteiger partial charge in [-0.05, 0) is 32.9 Å². The number of carboxylic acid groups (broad SMARTS) is 1. The molecule has 168 valence electrons. The van der Waals surface area contributed by atoms with Gasteiger partial charge in [-0.25, -0.2) is 14.6 Å². The summed E-state index contributed by atoms with van der Waals surface area (Å²) in [6.45, 7) is 4.71. The first-order chi connectivity index (χ1) is 15.2. The zero-order valence-corrected chi connectivity index (χ0v) is 17.9. The fourth-order valence-corrected chi connectivity index (χ4v) is 3.14. The molecule has 0 atom stereocenters. The molecule has 1 aromatic heterocycles. The largest absolute Gasteiger partial charge is 0.510 e. The van der Waals surface area contributed by atoms with Crippen molar-refractivity contribution in [3.8, 4) is 5.75 Å². The number of aromatic nitrogens is 1. The van der Waals surface area contributed by atoms with Crippen LogP contribution < -0.4 is 10.1 Å². The predicted molar refractivity (Wildman–Crippen MR) is 111 cm³/mol. The summed E-state index contributed by atoms with van der Waals surface area (Å²) in [4.78, 5) is 50.6. The third-order valence-electron chi connectivity index (χ3n) is 3.68. The Balaban J connectivity index is 2.31. The van der Waals surface area contributed by atoms with Gasteiger partial charge in [0.1, 0.15) is 22.1 Å². The van der Waals surface area contributed by atoms with Crippen molar-refractivity contribution in [1.82, 2.24) is 4.98 Å². The van der Waals surface area contributed by atoms with Crippen LogP contribution in [-0.2, 0) is 14.3 Å². The fourth-order valence-electron chi connectivity index (χ4n) is 2.28. The Hall–Kier alpha value is -4.13. The van der Waals surface area contributed by atoms with Crippen LogP contribution in [0.5, 0.6) is 5.75 Å². The maximum absolute atomic E-state index is 12.6. The molecule has 2 rings (SSSR count). The number of hydrogen-bond acceptors (Lipinski definition) is 11. The Morgan fingerprint density at radius 1 is 1.28 bits per heavy atom. The number of carboxylic acids is 1. The highest BCUT2D eigenvalue weighted by Crippen LogP contribution is 2.27. The van der Waals surface area contributed by atoms with Crippen molar-refractivity contribution >= 4 is 46.5 Å². The topological polar surface area (TPSA) is 177 Å². The number of hydrogen-bond donors (Lipinski definition) is 3. The first-order valence-corrected chi connectivity index (χ1v) is 9.74. The summed E-state index contributed by atoms with van der Waals surface area (Å²) < 4.78 is 9.57. The van der Waals surface area contributed by atoms with Crippen LogP contribution in [-0.4, -0.2) is 46.1 Å². The van der Waals surface area contributed by atoms with Gasteiger partial charge in [0.05, 0.1) is 17.9 Å². The van der Waals surface area contributed by atoms with Crippen LogP contribution in [0.3, 0.4) is 0 Å². The number of aryl methyl sites for hydroxylation is 1. The van der Waals surface area contributed by atoms with Crippen LogP contribution in [0.2, 0.25) is 0 Å². The minimum atomic E-state index is -1.34. The van der Waals surface area contributed by atoms with E-state index < -0.39 is 29.3 Å². The van der Waals surface area contributed by atoms with E-state index in [4.69, 9.17) is 4.74 Å². The number of rotatable bonds is 9. The zero-order chi connectivity index (χ0) is 23.8. The second-order valence-corrected chi connectivity index (χ2v) is 6.94. The fraction of sp³-hybridized carbons (Fsp3) is 0.211. The van der Waals surface area contributed by atoms with Crippen molar-refractivity contribution < 1.29 is 38.9 Å². The molecule has 0 aliphatic rings. The molecule has 0 saturated heterocycles. The van der Waals surface area contributed by atoms with Gasteiger partial charge < -0.3 is 19.7 Å². The number of carbonyl (C=O) groups is 4. The molecule has 12 nitrogen and oxygen atoms in total. The maximum Gasteiger partial charge on any atom is 0.350 e. The van der Waals surface area contributed by atoms with Gasteiger partial charge in [-0.2, -0.15) is 0 Å². The van der Waals surface area contributed by atoms with Crippen LogP contribution in [0, 0.1) is 6.92 Å². The lowest BCUT2D eigenvalue weighted by Crippen LogP contribution is -2.14. The Morgan fingerprint density at radius 3 is 2.59 bits per heavy atom. The SMILES string of the molecule is CCOC(=O)c1sc(NC(=O)/C(N=Nc2cc(OC=O)ccc2C(=O)O)=C(/C)O)nc1C. The van der Waals surface area contributed by atoms with Crippen molar-refractivity contribution in [2.75, 3.05) is 11.9 Å². The number of aliphatic hydroxyl groups is 1. The number of anilines is 1. The summed E-state index contributed by atoms with van der Waals surface area (Å²) >= 11 is 0.872. The van der Waals surface area contributed by atoms with Gasteiger partial charge in [0.25, 0.3) is 12.4 Å². The van der Waals surface area contributed by atoms with E-state index in [9.17, 15) is 29.4 Å². The molecule has 32 heavy (non-hydrogen) atoms. The van der Waals surface area contributed by atoms with E-state index in [1.54, 1.807) is 13.8 Å². The number of azo groups is 1. The Labute approximate surface area is 185 Å². The van der Waals surface area contributed by atoms with Gasteiger partial charge in [0.15, 0.2) is 10.8 Å². The molecule has 0 bridgehead atoms. The molecular formula is C19H18N4O8S. The van der Waals surface area contributed by atoms with Crippen LogP contribution in [0.15, 0.2) is 39.9 Å². The lowest BCUT2D eigenvalue weighted by Gasteiger charge is -2.05. The lowest BCUT2D eigenvalue weighted by molar-refractivity contribution is -0.120. The molecule has 1 amide bonds. The Bertz CT molecular complexity index is 1120. The third-order valence-corrected chi connectivity index (χ3v) is 4.73. The van der Waals surface area contributed by atoms with E-state index in [2.05, 4.69) is 25.3 Å². The summed E-state index contributed by atoms with van der Waals surface area (Å²) in [5, 5.41) is 28.9. The van der Waals surface area contributed by atoms with E-state index in [-0.39, 0.29) is 40.1 Å². The molecule has 0 saturated carbocycles. The van der Waals surface area contributed by atoms with Gasteiger partial charge >= 0.3 is 11.9 Å². The van der Waals surface area contributed by atoms with Crippen LogP contribution in [0.4, 0.5) is 10.8 Å². The summed E-state index contributed by atoms with van der Waals surface area (Å²) in [7, 11) is 0. The number of carbonyl (C=O) groups excluding carboxylic acids is 3. The molecule has 0 unspecified atom stereocenters. The molecule has 0 aliphatic carbocycles. The number of aromatic carboxylic acids is 1. The van der Waals surface area contributed by atoms with Gasteiger partial charge in [-0.3, -0.25) is 14.9 Å². The zero-order valence-electron chi connectivity index (χ0n) is 17.1. The normalized spacial score (nSPS) is 11.6. The van der Waals surface area contributed by atoms with E-state index in [1.807, 2.05) is 0 Å². The first-order valence-electron chi connectivity index (χ1n) is 8.93. The van der Waals surface area contributed by atoms with Crippen LogP contribution >= 0.6 is 11.3 Å². The molecule has 0 radical (unpaired) electrons. The highest BCUT2D eigenvalue weighted by Gasteiger charge is 2.20. The number of benzene rings is 1. The highest BCUT2D eigenvalue weighted by atomic mass is 32.1. The average Bonchev–Trinajstić information content (AvgIpc) is 3.08. The molecule has 0 fully saturated rings. The predicted octanol–water partition coefficient (Wildman–Crippen LogP) is 3.37. The summed E-state index contributed by atoms with van der Waals surface area (Å²) in [5.74, 6) is -3.34. The van der Waals surface area contributed by atoms with Crippen molar-refractivity contribution in [2.45, 2.75) is 20.8 Å². The van der Waals surface area contributed by atoms with Gasteiger partial charge in [0, 0.05) is 6.07 Å². The molecule has 1 heterocycles. The van der Waals surface area contributed by atoms with Crippen molar-refractivity contribution in [3.05, 3.63) is 45.8 Å². The van der Waals surface area contributed by atoms with Gasteiger partial charge in [-0.1, -0.05) is 11.3 Å². The van der Waals surface area contributed by atoms with Gasteiger partial charge in [-0.15, -0.1) is 10.2 Å². The molecule has 13 heteroatoms. The number of ether oxygens (including phenoxy) is 2. The Morgan fingerprint density at radius 2 is 2.00 bits per heavy atom. The standard InChI is InChI=1S/C19H18N4O8S/c1-4-30-18(29)15-9(2)20-19(32-15)21-16(26)14(10(3)25)23-22-13-7-11(31-8-24)5-6-12(13)17(27)28/h5-8,25H,4H2,1-3H3,(H,27,28)(H,20,21,26)/b14-10+,23-22?. The highest BCUT2D eigenvalue weighted by molar-refractivity contribution is 7.17. The maximum atomic E-state index is 12.6. The number of aliphatic hydroxyl groups excluding tert-OH is 1. The average molecular weight is 462 g/mol. The monoisotopic (exact) mass is 462 g/mol. The third kappa shape index (κ3) is 5.95. The number of esters is 1. The molecule has 0 spiro atoms. The van der Waals surface area contributed by atoms with Crippen molar-refractivity contribution in [3.63, 3.8) is 0 Å². The minimum absolute atomic E-state index is 0.000549. The molecule has 1 aromatic carbocycles. The summed E-state index contributed by atoms with van der Waals surface area (Å²) in [6, 6.07) is 3.50. The second kappa shape index (κ2) is 10.8. The van der Waals surface area contributed by atoms with Crippen LogP contribution in [0.25, 0.3) is 0 Å². The molecule has 0 aliphatic heterocycles. The smallest absolute Gasteiger partial charge is 0.350 e. The van der Waals surface area contributed by atoms with Gasteiger partial charge in [0.2, 0.25) is 0 Å². The number of thiazole rings is 1. The minimum Gasteiger partial charge on any atom is -0.510 e. The van der Waals surface area contributed by atoms with Crippen LogP contribution in [0.1, 0.15) is 39.6 Å². The quantitative estimate of drug-likeness (QED) is 0.166. The van der Waals surface area contributed by atoms with E-state index in [1.165, 1.54) is 13.0 Å². The van der Waals surface area contributed by atoms with E-state index in [0.717, 1.165) is 23.5 Å². The van der Waals surface area contributed by atoms with Crippen molar-refractivity contribution in [1.29, 1.82) is 0 Å². The number of amides is 1. The molecule has 2 aromatic rings. The number of nitrogens with zero attached hydrogens (tertiary/aromatic N) is 3. The second-order valence-electron chi connectivity index (χ2n) is 5.94. The van der Waals surface area contributed by atoms with E-state index >= 15 is 0 Å². The summed E-state index contributed by atoms with van der Waals surface area (Å²) in [5.41, 5.74) is -0.696. The number of nitrogens with one attached hydrogen (secondary N) is 1. The molecular weight excluding hydrogens is 444 g/mol. The first kappa shape index (κ1) is 24.1.